The predicted molar refractivity (Wildman–Crippen MR) is 86.2 cm³/mol. The Morgan fingerprint density at radius 2 is 2.17 bits per heavy atom. The van der Waals surface area contributed by atoms with Crippen molar-refractivity contribution in [3.63, 3.8) is 0 Å². The van der Waals surface area contributed by atoms with Gasteiger partial charge in [0.15, 0.2) is 5.84 Å². The zero-order chi connectivity index (χ0) is 15.8. The van der Waals surface area contributed by atoms with Gasteiger partial charge in [-0.25, -0.2) is 4.99 Å². The first-order valence-electron chi connectivity index (χ1n) is 7.22. The van der Waals surface area contributed by atoms with Crippen molar-refractivity contribution in [1.82, 2.24) is 4.90 Å². The van der Waals surface area contributed by atoms with Crippen LogP contribution < -0.4 is 0 Å². The van der Waals surface area contributed by atoms with E-state index in [1.165, 1.54) is 0 Å². The van der Waals surface area contributed by atoms with Crippen LogP contribution in [0.25, 0.3) is 5.73 Å². The molecule has 0 amide bonds. The molecule has 23 heavy (non-hydrogen) atoms. The van der Waals surface area contributed by atoms with Crippen LogP contribution in [0.2, 0.25) is 0 Å². The van der Waals surface area contributed by atoms with Gasteiger partial charge in [0.05, 0.1) is 24.7 Å². The van der Waals surface area contributed by atoms with E-state index in [9.17, 15) is 0 Å². The second-order valence-electron chi connectivity index (χ2n) is 4.80. The Labute approximate surface area is 165 Å². The average molecular weight is 678 g/mol. The third-order valence-corrected chi connectivity index (χ3v) is 3.03. The van der Waals surface area contributed by atoms with Crippen LogP contribution in [0.15, 0.2) is 34.0 Å². The van der Waals surface area contributed by atoms with Crippen LogP contribution in [0.4, 0.5) is 0 Å². The molecule has 0 spiro atoms. The molecule has 2 heterocycles. The molecular weight excluding hydrogens is 653 g/mol. The van der Waals surface area contributed by atoms with Crippen LogP contribution >= 0.6 is 0 Å². The molecule has 0 aliphatic carbocycles. The molecule has 8 heteroatoms. The van der Waals surface area contributed by atoms with E-state index in [0.29, 0.717) is 23.8 Å². The maximum Gasteiger partial charge on any atom is 0.155 e. The summed E-state index contributed by atoms with van der Waals surface area (Å²) in [6, 6.07) is 0. The summed E-state index contributed by atoms with van der Waals surface area (Å²) in [5.74, 6) is 0.702. The molecule has 2 radical (unpaired) electrons. The summed E-state index contributed by atoms with van der Waals surface area (Å²) >= 11 is 0. The number of allylic oxidation sites excluding steroid dienone is 2. The van der Waals surface area contributed by atoms with Gasteiger partial charge in [-0.05, 0) is 26.7 Å². The van der Waals surface area contributed by atoms with Gasteiger partial charge in [-0.15, -0.1) is 12.3 Å². The van der Waals surface area contributed by atoms with Crippen molar-refractivity contribution < 1.29 is 50.1 Å². The van der Waals surface area contributed by atoms with Crippen molar-refractivity contribution >= 4 is 12.2 Å². The number of nitrogens with zero attached hydrogens (tertiary/aromatic N) is 3. The fraction of sp³-hybridized carbons (Fsp3) is 0.600. The van der Waals surface area contributed by atoms with Crippen LogP contribution in [-0.2, 0) is 44.9 Å². The number of hydrogen-bond acceptors (Lipinski definition) is 4. The van der Waals surface area contributed by atoms with Crippen LogP contribution in [0, 0.1) is 0 Å². The van der Waals surface area contributed by atoms with Gasteiger partial charge in [-0.3, -0.25) is 9.89 Å². The van der Waals surface area contributed by atoms with Crippen molar-refractivity contribution in [3.8, 4) is 0 Å². The molecule has 0 saturated carbocycles. The van der Waals surface area contributed by atoms with Gasteiger partial charge in [-0.2, -0.15) is 0 Å². The zero-order valence-corrected chi connectivity index (χ0v) is 18.5. The maximum absolute atomic E-state index is 9.09. The predicted octanol–water partition coefficient (Wildman–Crippen LogP) is 2.72. The van der Waals surface area contributed by atoms with Gasteiger partial charge >= 0.3 is 0 Å². The molecule has 0 aromatic rings. The Bertz CT molecular complexity index is 449. The Kier molecular flexibility index (Phi) is 14.1. The van der Waals surface area contributed by atoms with E-state index in [4.69, 9.17) is 15.6 Å². The third kappa shape index (κ3) is 6.96. The molecule has 0 aromatic heterocycles. The second-order valence-corrected chi connectivity index (χ2v) is 4.80. The number of ether oxygens (including phenoxy) is 1. The SMILES string of the molecule is C=CC.CCN=C1/C(=C(\C)[NH-])N=CN1C1CCC(CO)O1.[Ir].[Ir]. The van der Waals surface area contributed by atoms with E-state index in [1.54, 1.807) is 19.3 Å². The van der Waals surface area contributed by atoms with Gasteiger partial charge in [0, 0.05) is 46.8 Å². The third-order valence-electron chi connectivity index (χ3n) is 3.03. The molecule has 1 fully saturated rings. The van der Waals surface area contributed by atoms with Crippen LogP contribution in [0.1, 0.15) is 33.6 Å². The van der Waals surface area contributed by atoms with Crippen LogP contribution in [0.5, 0.6) is 0 Å². The normalized spacial score (nSPS) is 26.1. The van der Waals surface area contributed by atoms with E-state index < -0.39 is 0 Å². The van der Waals surface area contributed by atoms with E-state index in [-0.39, 0.29) is 59.1 Å². The molecule has 6 nitrogen and oxygen atoms in total. The Morgan fingerprint density at radius 1 is 1.57 bits per heavy atom. The van der Waals surface area contributed by atoms with Gasteiger partial charge in [0.25, 0.3) is 0 Å². The van der Waals surface area contributed by atoms with Crippen molar-refractivity contribution in [2.24, 2.45) is 9.98 Å². The summed E-state index contributed by atoms with van der Waals surface area (Å²) in [6.45, 7) is 9.59. The van der Waals surface area contributed by atoms with E-state index in [0.717, 1.165) is 12.8 Å². The fourth-order valence-corrected chi connectivity index (χ4v) is 2.16. The number of aliphatic imine (C=N–C) groups is 2. The molecule has 2 N–H and O–H groups in total. The Morgan fingerprint density at radius 3 is 2.61 bits per heavy atom. The summed E-state index contributed by atoms with van der Waals surface area (Å²) < 4.78 is 5.72. The number of hydrogen-bond donors (Lipinski definition) is 1. The number of aliphatic hydroxyl groups is 1. The summed E-state index contributed by atoms with van der Waals surface area (Å²) in [4.78, 5) is 10.5. The average Bonchev–Trinajstić information content (AvgIpc) is 3.05. The number of aliphatic hydroxyl groups excluding tert-OH is 1. The second kappa shape index (κ2) is 13.0. The van der Waals surface area contributed by atoms with Gasteiger partial charge in [0.1, 0.15) is 6.23 Å². The summed E-state index contributed by atoms with van der Waals surface area (Å²) in [7, 11) is 0. The first kappa shape index (κ1) is 24.9. The molecule has 2 aliphatic rings. The van der Waals surface area contributed by atoms with E-state index >= 15 is 0 Å². The van der Waals surface area contributed by atoms with Crippen LogP contribution in [-0.4, -0.2) is 47.7 Å². The van der Waals surface area contributed by atoms with Crippen molar-refractivity contribution in [3.05, 3.63) is 29.8 Å². The molecule has 2 rings (SSSR count). The molecular formula is C15H25Ir2N4O2-. The van der Waals surface area contributed by atoms with Crippen LogP contribution in [0.3, 0.4) is 0 Å². The standard InChI is InChI=1S/C12H19N4O2.C3H6.2Ir/c1-3-14-12-11(8(2)13)15-7-16(12)10-5-4-9(6-17)18-10;1-3-2;;/h7,9-10,13,17H,3-6H2,1-2H3;3H,1H2,2H3;;/q-1;;;/b11-8-,14-12?;;;. The van der Waals surface area contributed by atoms with Crippen molar-refractivity contribution in [2.45, 2.75) is 45.9 Å². The number of nitrogens with one attached hydrogen (secondary N) is 1. The zero-order valence-electron chi connectivity index (χ0n) is 13.7. The molecule has 2 aliphatic heterocycles. The van der Waals surface area contributed by atoms with E-state index in [1.807, 2.05) is 18.7 Å². The Hall–Kier alpha value is -0.361. The molecule has 2 atom stereocenters. The molecule has 0 bridgehead atoms. The summed E-state index contributed by atoms with van der Waals surface area (Å²) in [5.41, 5.74) is 8.70. The Balaban J connectivity index is 0. The minimum Gasteiger partial charge on any atom is -0.701 e. The smallest absolute Gasteiger partial charge is 0.155 e. The van der Waals surface area contributed by atoms with Gasteiger partial charge in [-0.1, -0.05) is 13.0 Å². The minimum atomic E-state index is -0.131. The topological polar surface area (TPSA) is 81.2 Å². The van der Waals surface area contributed by atoms with E-state index in [2.05, 4.69) is 16.6 Å². The molecule has 136 valence electrons. The number of rotatable bonds is 3. The largest absolute Gasteiger partial charge is 0.701 e. The van der Waals surface area contributed by atoms with Crippen molar-refractivity contribution in [2.75, 3.05) is 13.2 Å². The summed E-state index contributed by atoms with van der Waals surface area (Å²) in [6.07, 6.45) is 4.87. The first-order chi connectivity index (χ1) is 10.1. The van der Waals surface area contributed by atoms with Gasteiger partial charge < -0.3 is 15.6 Å². The molecule has 1 saturated heterocycles. The quantitative estimate of drug-likeness (QED) is 0.467. The van der Waals surface area contributed by atoms with Gasteiger partial charge in [0.2, 0.25) is 0 Å². The minimum absolute atomic E-state index is 0. The number of amidine groups is 1. The maximum atomic E-state index is 9.09. The molecule has 2 unspecified atom stereocenters. The fourth-order valence-electron chi connectivity index (χ4n) is 2.16. The molecule has 0 aromatic carbocycles. The monoisotopic (exact) mass is 679 g/mol. The van der Waals surface area contributed by atoms with Crippen molar-refractivity contribution in [1.29, 1.82) is 0 Å². The first-order valence-corrected chi connectivity index (χ1v) is 7.22. The summed E-state index contributed by atoms with van der Waals surface area (Å²) in [5, 5.41) is 9.09.